The molecule has 15 heavy (non-hydrogen) atoms. The standard InChI is InChI=1S/C7H6F3N3O2/c8-5-1-3(7(9)10)6(13(14)15)4(2-11)12-5/h1,7H,2,11H2. The number of aromatic nitrogens is 1. The second-order valence-electron chi connectivity index (χ2n) is 2.59. The van der Waals surface area contributed by atoms with Crippen LogP contribution in [0.25, 0.3) is 0 Å². The minimum atomic E-state index is -3.15. The Morgan fingerprint density at radius 2 is 2.20 bits per heavy atom. The maximum atomic E-state index is 12.7. The first kappa shape index (κ1) is 11.4. The van der Waals surface area contributed by atoms with Gasteiger partial charge >= 0.3 is 5.69 Å². The smallest absolute Gasteiger partial charge is 0.301 e. The van der Waals surface area contributed by atoms with Crippen LogP contribution in [0, 0.1) is 16.1 Å². The molecule has 2 N–H and O–H groups in total. The highest BCUT2D eigenvalue weighted by molar-refractivity contribution is 5.44. The quantitative estimate of drug-likeness (QED) is 0.476. The van der Waals surface area contributed by atoms with Crippen LogP contribution in [0.5, 0.6) is 0 Å². The van der Waals surface area contributed by atoms with Crippen molar-refractivity contribution in [3.05, 3.63) is 33.4 Å². The molecule has 0 aliphatic carbocycles. The predicted octanol–water partition coefficient (Wildman–Crippen LogP) is 1.53. The summed E-state index contributed by atoms with van der Waals surface area (Å²) in [6.45, 7) is -0.478. The molecule has 1 aromatic rings. The fourth-order valence-corrected chi connectivity index (χ4v) is 1.10. The highest BCUT2D eigenvalue weighted by Crippen LogP contribution is 2.31. The van der Waals surface area contributed by atoms with Gasteiger partial charge in [-0.2, -0.15) is 4.39 Å². The van der Waals surface area contributed by atoms with Gasteiger partial charge in [-0.05, 0) is 0 Å². The van der Waals surface area contributed by atoms with Crippen LogP contribution >= 0.6 is 0 Å². The third kappa shape index (κ3) is 2.21. The highest BCUT2D eigenvalue weighted by Gasteiger charge is 2.27. The summed E-state index contributed by atoms with van der Waals surface area (Å²) in [6.07, 6.45) is -3.15. The molecule has 0 aromatic carbocycles. The van der Waals surface area contributed by atoms with E-state index in [1.165, 1.54) is 0 Å². The van der Waals surface area contributed by atoms with E-state index in [4.69, 9.17) is 5.73 Å². The molecule has 0 aliphatic rings. The maximum absolute atomic E-state index is 12.7. The molecule has 0 radical (unpaired) electrons. The summed E-state index contributed by atoms with van der Waals surface area (Å²) < 4.78 is 37.4. The lowest BCUT2D eigenvalue weighted by molar-refractivity contribution is -0.387. The molecule has 8 heteroatoms. The van der Waals surface area contributed by atoms with Crippen molar-refractivity contribution in [2.45, 2.75) is 13.0 Å². The van der Waals surface area contributed by atoms with Gasteiger partial charge in [0, 0.05) is 12.6 Å². The minimum Gasteiger partial charge on any atom is -0.325 e. The van der Waals surface area contributed by atoms with Crippen molar-refractivity contribution in [3.8, 4) is 0 Å². The number of halogens is 3. The summed E-state index contributed by atoms with van der Waals surface area (Å²) in [7, 11) is 0. The normalized spacial score (nSPS) is 10.7. The zero-order chi connectivity index (χ0) is 11.6. The van der Waals surface area contributed by atoms with Gasteiger partial charge in [0.2, 0.25) is 5.95 Å². The molecule has 0 unspecified atom stereocenters. The van der Waals surface area contributed by atoms with E-state index >= 15 is 0 Å². The van der Waals surface area contributed by atoms with Crippen LogP contribution in [0.1, 0.15) is 17.7 Å². The monoisotopic (exact) mass is 221 g/mol. The van der Waals surface area contributed by atoms with Crippen molar-refractivity contribution in [1.29, 1.82) is 0 Å². The lowest BCUT2D eigenvalue weighted by Crippen LogP contribution is -2.09. The Hall–Kier alpha value is -1.70. The molecule has 0 saturated carbocycles. The van der Waals surface area contributed by atoms with Crippen LogP contribution < -0.4 is 5.73 Å². The Labute approximate surface area is 81.9 Å². The van der Waals surface area contributed by atoms with Gasteiger partial charge in [0.1, 0.15) is 11.3 Å². The topological polar surface area (TPSA) is 82.0 Å². The summed E-state index contributed by atoms with van der Waals surface area (Å²) in [4.78, 5) is 12.5. The van der Waals surface area contributed by atoms with Crippen molar-refractivity contribution in [2.24, 2.45) is 5.73 Å². The second-order valence-corrected chi connectivity index (χ2v) is 2.59. The van der Waals surface area contributed by atoms with Crippen LogP contribution in [0.3, 0.4) is 0 Å². The van der Waals surface area contributed by atoms with Crippen LogP contribution in [0.2, 0.25) is 0 Å². The van der Waals surface area contributed by atoms with Crippen molar-refractivity contribution < 1.29 is 18.1 Å². The lowest BCUT2D eigenvalue weighted by Gasteiger charge is -2.05. The first-order valence-corrected chi connectivity index (χ1v) is 3.79. The van der Waals surface area contributed by atoms with Gasteiger partial charge < -0.3 is 5.73 Å². The Balaban J connectivity index is 3.47. The molecule has 82 valence electrons. The summed E-state index contributed by atoms with van der Waals surface area (Å²) in [5.74, 6) is -1.21. The predicted molar refractivity (Wildman–Crippen MR) is 43.7 cm³/mol. The number of pyridine rings is 1. The van der Waals surface area contributed by atoms with E-state index in [0.29, 0.717) is 6.07 Å². The highest BCUT2D eigenvalue weighted by atomic mass is 19.3. The van der Waals surface area contributed by atoms with Gasteiger partial charge in [-0.1, -0.05) is 0 Å². The first-order chi connectivity index (χ1) is 6.97. The van der Waals surface area contributed by atoms with E-state index in [9.17, 15) is 23.3 Å². The Kier molecular flexibility index (Phi) is 3.20. The molecule has 0 amide bonds. The van der Waals surface area contributed by atoms with Gasteiger partial charge in [-0.25, -0.2) is 13.8 Å². The minimum absolute atomic E-state index is 0.335. The van der Waals surface area contributed by atoms with E-state index < -0.39 is 40.8 Å². The number of alkyl halides is 2. The maximum Gasteiger partial charge on any atom is 0.301 e. The zero-order valence-electron chi connectivity index (χ0n) is 7.28. The molecule has 0 fully saturated rings. The Morgan fingerprint density at radius 3 is 2.60 bits per heavy atom. The summed E-state index contributed by atoms with van der Waals surface area (Å²) in [5.41, 5.74) is 2.63. The van der Waals surface area contributed by atoms with Gasteiger partial charge in [-0.3, -0.25) is 10.1 Å². The molecule has 1 aromatic heterocycles. The molecule has 5 nitrogen and oxygen atoms in total. The van der Waals surface area contributed by atoms with E-state index in [0.717, 1.165) is 0 Å². The van der Waals surface area contributed by atoms with Crippen LogP contribution in [0.15, 0.2) is 6.07 Å². The Bertz CT molecular complexity index is 397. The molecular formula is C7H6F3N3O2. The fraction of sp³-hybridized carbons (Fsp3) is 0.286. The van der Waals surface area contributed by atoms with E-state index in [1.54, 1.807) is 0 Å². The Morgan fingerprint density at radius 1 is 1.60 bits per heavy atom. The van der Waals surface area contributed by atoms with Crippen LogP contribution in [-0.4, -0.2) is 9.91 Å². The van der Waals surface area contributed by atoms with Gasteiger partial charge in [-0.15, -0.1) is 0 Å². The van der Waals surface area contributed by atoms with Crippen LogP contribution in [-0.2, 0) is 6.54 Å². The lowest BCUT2D eigenvalue weighted by atomic mass is 10.2. The average Bonchev–Trinajstić information content (AvgIpc) is 2.15. The molecule has 0 saturated heterocycles. The average molecular weight is 221 g/mol. The number of nitro groups is 1. The van der Waals surface area contributed by atoms with E-state index in [1.807, 2.05) is 0 Å². The van der Waals surface area contributed by atoms with Crippen LogP contribution in [0.4, 0.5) is 18.9 Å². The third-order valence-electron chi connectivity index (χ3n) is 1.67. The third-order valence-corrected chi connectivity index (χ3v) is 1.67. The molecular weight excluding hydrogens is 215 g/mol. The number of rotatable bonds is 3. The fourth-order valence-electron chi connectivity index (χ4n) is 1.10. The van der Waals surface area contributed by atoms with Crippen molar-refractivity contribution in [3.63, 3.8) is 0 Å². The molecule has 0 atom stereocenters. The van der Waals surface area contributed by atoms with Gasteiger partial charge in [0.15, 0.2) is 0 Å². The molecule has 0 bridgehead atoms. The SMILES string of the molecule is NCc1nc(F)cc(C(F)F)c1[N+](=O)[O-]. The summed E-state index contributed by atoms with van der Waals surface area (Å²) >= 11 is 0. The number of nitrogens with zero attached hydrogens (tertiary/aromatic N) is 2. The molecule has 0 spiro atoms. The first-order valence-electron chi connectivity index (χ1n) is 3.79. The second kappa shape index (κ2) is 4.22. The van der Waals surface area contributed by atoms with Crippen molar-refractivity contribution >= 4 is 5.69 Å². The zero-order valence-corrected chi connectivity index (χ0v) is 7.28. The molecule has 1 heterocycles. The largest absolute Gasteiger partial charge is 0.325 e. The van der Waals surface area contributed by atoms with Crippen molar-refractivity contribution in [2.75, 3.05) is 0 Å². The number of nitrogens with two attached hydrogens (primary N) is 1. The van der Waals surface area contributed by atoms with Crippen molar-refractivity contribution in [1.82, 2.24) is 4.98 Å². The molecule has 0 aliphatic heterocycles. The van der Waals surface area contributed by atoms with E-state index in [2.05, 4.69) is 4.98 Å². The van der Waals surface area contributed by atoms with Gasteiger partial charge in [0.05, 0.1) is 4.92 Å². The van der Waals surface area contributed by atoms with Gasteiger partial charge in [0.25, 0.3) is 6.43 Å². The number of hydrogen-bond donors (Lipinski definition) is 1. The molecule has 1 rings (SSSR count). The van der Waals surface area contributed by atoms with E-state index in [-0.39, 0.29) is 0 Å². The number of hydrogen-bond acceptors (Lipinski definition) is 4. The summed E-state index contributed by atoms with van der Waals surface area (Å²) in [6, 6.07) is 0.335. The summed E-state index contributed by atoms with van der Waals surface area (Å²) in [5, 5.41) is 10.5.